The summed E-state index contributed by atoms with van der Waals surface area (Å²) >= 11 is 0. The average molecular weight is 281 g/mol. The molecule has 0 bridgehead atoms. The lowest BCUT2D eigenvalue weighted by Crippen LogP contribution is -2.50. The first-order valence-corrected chi connectivity index (χ1v) is 6.42. The van der Waals surface area contributed by atoms with Crippen LogP contribution < -0.4 is 9.47 Å². The minimum absolute atomic E-state index is 0.0307. The predicted molar refractivity (Wildman–Crippen MR) is 71.8 cm³/mol. The van der Waals surface area contributed by atoms with Crippen molar-refractivity contribution in [3.05, 3.63) is 23.8 Å². The number of aliphatic hydroxyl groups excluding tert-OH is 1. The fourth-order valence-electron chi connectivity index (χ4n) is 2.15. The Morgan fingerprint density at radius 2 is 2.10 bits per heavy atom. The van der Waals surface area contributed by atoms with Crippen molar-refractivity contribution in [2.24, 2.45) is 0 Å². The summed E-state index contributed by atoms with van der Waals surface area (Å²) in [5.41, 5.74) is 1.01. The molecular formula is C14H19NO5. The Labute approximate surface area is 117 Å². The Hall–Kier alpha value is -1.79. The van der Waals surface area contributed by atoms with Gasteiger partial charge in [0.25, 0.3) is 5.91 Å². The minimum Gasteiger partial charge on any atom is -0.493 e. The summed E-state index contributed by atoms with van der Waals surface area (Å²) in [6.45, 7) is 0.638. The number of morpholine rings is 1. The zero-order valence-electron chi connectivity index (χ0n) is 11.7. The Morgan fingerprint density at radius 3 is 2.75 bits per heavy atom. The number of rotatable bonds is 5. The number of ether oxygens (including phenoxy) is 3. The molecule has 1 atom stereocenters. The maximum Gasteiger partial charge on any atom is 0.250 e. The number of methoxy groups -OCH3 is 2. The van der Waals surface area contributed by atoms with Crippen LogP contribution in [0.15, 0.2) is 18.2 Å². The second kappa shape index (κ2) is 6.58. The summed E-state index contributed by atoms with van der Waals surface area (Å²) in [4.78, 5) is 13.1. The molecule has 1 aliphatic rings. The summed E-state index contributed by atoms with van der Waals surface area (Å²) < 4.78 is 15.4. The van der Waals surface area contributed by atoms with Gasteiger partial charge in [0.05, 0.1) is 20.8 Å². The number of aliphatic hydroxyl groups is 1. The van der Waals surface area contributed by atoms with E-state index in [2.05, 4.69) is 0 Å². The van der Waals surface area contributed by atoms with Gasteiger partial charge in [-0.1, -0.05) is 6.07 Å². The monoisotopic (exact) mass is 281 g/mol. The molecule has 1 fully saturated rings. The molecule has 6 heteroatoms. The van der Waals surface area contributed by atoms with E-state index in [9.17, 15) is 9.90 Å². The molecule has 2 rings (SSSR count). The number of carbonyl (C=O) groups is 1. The number of nitrogens with zero attached hydrogens (tertiary/aromatic N) is 1. The van der Waals surface area contributed by atoms with Gasteiger partial charge in [-0.25, -0.2) is 0 Å². The molecule has 1 unspecified atom stereocenters. The molecule has 0 spiro atoms. The van der Waals surface area contributed by atoms with Crippen LogP contribution in [0.4, 0.5) is 0 Å². The van der Waals surface area contributed by atoms with Crippen molar-refractivity contribution in [1.82, 2.24) is 4.90 Å². The van der Waals surface area contributed by atoms with Crippen LogP contribution in [0.25, 0.3) is 0 Å². The zero-order chi connectivity index (χ0) is 14.5. The van der Waals surface area contributed by atoms with E-state index in [4.69, 9.17) is 14.2 Å². The Bertz CT molecular complexity index is 477. The van der Waals surface area contributed by atoms with Crippen molar-refractivity contribution >= 4 is 5.91 Å². The quantitative estimate of drug-likeness (QED) is 0.847. The molecule has 0 radical (unpaired) electrons. The van der Waals surface area contributed by atoms with Gasteiger partial charge in [-0.2, -0.15) is 0 Å². The fraction of sp³-hybridized carbons (Fsp3) is 0.500. The lowest BCUT2D eigenvalue weighted by Gasteiger charge is -2.31. The van der Waals surface area contributed by atoms with E-state index in [0.717, 1.165) is 5.56 Å². The highest BCUT2D eigenvalue weighted by molar-refractivity contribution is 5.78. The fourth-order valence-corrected chi connectivity index (χ4v) is 2.15. The number of carbonyl (C=O) groups excluding carboxylic acids is 1. The SMILES string of the molecule is COc1ccc(CCN2C(=O)COCC2O)cc1OC. The molecule has 1 N–H and O–H groups in total. The van der Waals surface area contributed by atoms with E-state index in [-0.39, 0.29) is 19.1 Å². The van der Waals surface area contributed by atoms with Crippen molar-refractivity contribution in [1.29, 1.82) is 0 Å². The minimum atomic E-state index is -0.864. The van der Waals surface area contributed by atoms with Crippen molar-refractivity contribution < 1.29 is 24.1 Å². The molecule has 1 aromatic rings. The van der Waals surface area contributed by atoms with Crippen molar-refractivity contribution in [2.75, 3.05) is 34.0 Å². The van der Waals surface area contributed by atoms with Gasteiger partial charge in [0.15, 0.2) is 17.7 Å². The molecule has 0 saturated carbocycles. The van der Waals surface area contributed by atoms with E-state index >= 15 is 0 Å². The number of hydrogen-bond donors (Lipinski definition) is 1. The molecule has 20 heavy (non-hydrogen) atoms. The lowest BCUT2D eigenvalue weighted by molar-refractivity contribution is -0.165. The van der Waals surface area contributed by atoms with Crippen LogP contribution in [0.2, 0.25) is 0 Å². The normalized spacial score (nSPS) is 19.1. The first-order valence-electron chi connectivity index (χ1n) is 6.42. The third-order valence-corrected chi connectivity index (χ3v) is 3.26. The summed E-state index contributed by atoms with van der Waals surface area (Å²) in [5.74, 6) is 1.13. The maximum atomic E-state index is 11.6. The second-order valence-corrected chi connectivity index (χ2v) is 4.52. The molecule has 1 heterocycles. The second-order valence-electron chi connectivity index (χ2n) is 4.52. The molecule has 0 aromatic heterocycles. The van der Waals surface area contributed by atoms with Crippen LogP contribution in [0.3, 0.4) is 0 Å². The third kappa shape index (κ3) is 3.20. The van der Waals surface area contributed by atoms with Crippen LogP contribution >= 0.6 is 0 Å². The van der Waals surface area contributed by atoms with Crippen molar-refractivity contribution in [2.45, 2.75) is 12.6 Å². The average Bonchev–Trinajstić information content (AvgIpc) is 2.46. The highest BCUT2D eigenvalue weighted by Crippen LogP contribution is 2.27. The first-order chi connectivity index (χ1) is 9.65. The Kier molecular flexibility index (Phi) is 4.81. The van der Waals surface area contributed by atoms with Gasteiger partial charge in [0, 0.05) is 6.54 Å². The highest BCUT2D eigenvalue weighted by Gasteiger charge is 2.26. The number of amides is 1. The molecule has 1 saturated heterocycles. The van der Waals surface area contributed by atoms with Gasteiger partial charge in [0.1, 0.15) is 6.61 Å². The Balaban J connectivity index is 2.01. The summed E-state index contributed by atoms with van der Waals surface area (Å²) in [6.07, 6.45) is -0.236. The summed E-state index contributed by atoms with van der Waals surface area (Å²) in [7, 11) is 3.16. The van der Waals surface area contributed by atoms with E-state index in [1.54, 1.807) is 14.2 Å². The van der Waals surface area contributed by atoms with Gasteiger partial charge in [-0.15, -0.1) is 0 Å². The zero-order valence-corrected chi connectivity index (χ0v) is 11.7. The number of hydrogen-bond acceptors (Lipinski definition) is 5. The van der Waals surface area contributed by atoms with Crippen LogP contribution in [0.1, 0.15) is 5.56 Å². The topological polar surface area (TPSA) is 68.2 Å². The molecule has 6 nitrogen and oxygen atoms in total. The van der Waals surface area contributed by atoms with Crippen LogP contribution in [0, 0.1) is 0 Å². The van der Waals surface area contributed by atoms with E-state index in [1.165, 1.54) is 4.90 Å². The van der Waals surface area contributed by atoms with E-state index in [1.807, 2.05) is 18.2 Å². The van der Waals surface area contributed by atoms with Crippen LogP contribution in [-0.4, -0.2) is 56.1 Å². The molecule has 1 amide bonds. The van der Waals surface area contributed by atoms with E-state index < -0.39 is 6.23 Å². The van der Waals surface area contributed by atoms with Crippen molar-refractivity contribution in [3.8, 4) is 11.5 Å². The van der Waals surface area contributed by atoms with Gasteiger partial charge in [-0.05, 0) is 24.1 Å². The lowest BCUT2D eigenvalue weighted by atomic mass is 10.1. The van der Waals surface area contributed by atoms with Gasteiger partial charge in [0.2, 0.25) is 0 Å². The Morgan fingerprint density at radius 1 is 1.35 bits per heavy atom. The third-order valence-electron chi connectivity index (χ3n) is 3.26. The standard InChI is InChI=1S/C14H19NO5/c1-18-11-4-3-10(7-12(11)19-2)5-6-15-13(16)8-20-9-14(15)17/h3-4,7,13,16H,5-6,8-9H2,1-2H3. The predicted octanol–water partition coefficient (Wildman–Crippen LogP) is 0.423. The van der Waals surface area contributed by atoms with Gasteiger partial charge < -0.3 is 24.2 Å². The number of benzene rings is 1. The molecular weight excluding hydrogens is 262 g/mol. The summed E-state index contributed by atoms with van der Waals surface area (Å²) in [6, 6.07) is 5.61. The molecule has 1 aromatic carbocycles. The smallest absolute Gasteiger partial charge is 0.250 e. The molecule has 110 valence electrons. The van der Waals surface area contributed by atoms with Gasteiger partial charge in [-0.3, -0.25) is 4.79 Å². The largest absolute Gasteiger partial charge is 0.493 e. The van der Waals surface area contributed by atoms with Crippen molar-refractivity contribution in [3.63, 3.8) is 0 Å². The van der Waals surface area contributed by atoms with E-state index in [0.29, 0.717) is 24.5 Å². The molecule has 1 aliphatic heterocycles. The summed E-state index contributed by atoms with van der Waals surface area (Å²) in [5, 5.41) is 9.74. The van der Waals surface area contributed by atoms with Crippen LogP contribution in [-0.2, 0) is 16.0 Å². The molecule has 0 aliphatic carbocycles. The maximum absolute atomic E-state index is 11.6. The highest BCUT2D eigenvalue weighted by atomic mass is 16.5. The van der Waals surface area contributed by atoms with Gasteiger partial charge >= 0.3 is 0 Å². The first kappa shape index (κ1) is 14.6. The van der Waals surface area contributed by atoms with Crippen LogP contribution in [0.5, 0.6) is 11.5 Å².